The number of nitrogens with one attached hydrogen (secondary N) is 2. The van der Waals surface area contributed by atoms with E-state index in [1.165, 1.54) is 4.90 Å². The molecule has 7 heteroatoms. The van der Waals surface area contributed by atoms with Crippen molar-refractivity contribution in [2.75, 3.05) is 20.1 Å². The first kappa shape index (κ1) is 17.4. The fraction of sp³-hybridized carbons (Fsp3) is 0.786. The van der Waals surface area contributed by atoms with Crippen molar-refractivity contribution in [2.45, 2.75) is 45.7 Å². The van der Waals surface area contributed by atoms with Crippen LogP contribution in [0.3, 0.4) is 0 Å². The van der Waals surface area contributed by atoms with Crippen LogP contribution in [0, 0.1) is 5.92 Å². The molecule has 3 amide bonds. The molecule has 0 radical (unpaired) electrons. The van der Waals surface area contributed by atoms with Gasteiger partial charge in [0, 0.05) is 20.1 Å². The van der Waals surface area contributed by atoms with Crippen LogP contribution in [0.4, 0.5) is 0 Å². The lowest BCUT2D eigenvalue weighted by Crippen LogP contribution is -2.57. The summed E-state index contributed by atoms with van der Waals surface area (Å²) in [5.74, 6) is -0.493. The first-order valence-electron chi connectivity index (χ1n) is 7.41. The first-order valence-corrected chi connectivity index (χ1v) is 7.41. The summed E-state index contributed by atoms with van der Waals surface area (Å²) in [4.78, 5) is 36.7. The Kier molecular flexibility index (Phi) is 6.61. The van der Waals surface area contributed by atoms with E-state index in [0.29, 0.717) is 13.0 Å². The Morgan fingerprint density at radius 3 is 2.43 bits per heavy atom. The van der Waals surface area contributed by atoms with E-state index in [0.717, 1.165) is 19.4 Å². The van der Waals surface area contributed by atoms with Crippen molar-refractivity contribution < 1.29 is 14.4 Å². The molecular weight excluding hydrogens is 272 g/mol. The van der Waals surface area contributed by atoms with Gasteiger partial charge >= 0.3 is 0 Å². The Hall–Kier alpha value is -1.63. The van der Waals surface area contributed by atoms with E-state index < -0.39 is 12.1 Å². The van der Waals surface area contributed by atoms with Crippen LogP contribution in [0.5, 0.6) is 0 Å². The third kappa shape index (κ3) is 4.70. The number of hydrogen-bond acceptors (Lipinski definition) is 4. The maximum atomic E-state index is 12.3. The van der Waals surface area contributed by atoms with Crippen LogP contribution in [-0.2, 0) is 14.4 Å². The largest absolute Gasteiger partial charge is 0.343 e. The minimum atomic E-state index is -0.621. The molecule has 0 aliphatic carbocycles. The summed E-state index contributed by atoms with van der Waals surface area (Å²) < 4.78 is 0. The number of carbonyl (C=O) groups excluding carboxylic acids is 3. The Balaban J connectivity index is 2.62. The van der Waals surface area contributed by atoms with Gasteiger partial charge in [-0.2, -0.15) is 0 Å². The van der Waals surface area contributed by atoms with Crippen LogP contribution in [0.25, 0.3) is 0 Å². The molecule has 1 fully saturated rings. The standard InChI is InChI=1S/C14H26N4O3/c1-10(2)12(17(4)9-19)13(20)16-11(3)14(21)18-8-6-5-7-15-18/h9-12,15H,5-8H2,1-4H3,(H,16,20). The molecule has 0 aromatic heterocycles. The number of hydrazine groups is 1. The predicted octanol–water partition coefficient (Wildman–Crippen LogP) is -0.269. The summed E-state index contributed by atoms with van der Waals surface area (Å²) in [7, 11) is 1.57. The van der Waals surface area contributed by atoms with E-state index >= 15 is 0 Å². The number of likely N-dealkylation sites (N-methyl/N-ethyl adjacent to an activating group) is 1. The van der Waals surface area contributed by atoms with Gasteiger partial charge in [0.05, 0.1) is 0 Å². The van der Waals surface area contributed by atoms with Crippen LogP contribution >= 0.6 is 0 Å². The molecule has 7 nitrogen and oxygen atoms in total. The molecule has 2 unspecified atom stereocenters. The first-order chi connectivity index (χ1) is 9.88. The van der Waals surface area contributed by atoms with Gasteiger partial charge < -0.3 is 10.2 Å². The Morgan fingerprint density at radius 1 is 1.29 bits per heavy atom. The van der Waals surface area contributed by atoms with Crippen molar-refractivity contribution in [3.8, 4) is 0 Å². The molecule has 0 aromatic rings. The smallest absolute Gasteiger partial charge is 0.258 e. The summed E-state index contributed by atoms with van der Waals surface area (Å²) in [6, 6.07) is -1.20. The number of amides is 3. The average Bonchev–Trinajstić information content (AvgIpc) is 2.46. The molecule has 1 heterocycles. The van der Waals surface area contributed by atoms with Crippen LogP contribution in [-0.4, -0.2) is 60.4 Å². The van der Waals surface area contributed by atoms with E-state index in [2.05, 4.69) is 10.7 Å². The van der Waals surface area contributed by atoms with Gasteiger partial charge in [-0.3, -0.25) is 19.4 Å². The molecule has 1 saturated heterocycles. The number of carbonyl (C=O) groups is 3. The molecule has 0 aromatic carbocycles. The molecule has 1 aliphatic rings. The second-order valence-corrected chi connectivity index (χ2v) is 5.80. The Morgan fingerprint density at radius 2 is 1.95 bits per heavy atom. The van der Waals surface area contributed by atoms with Gasteiger partial charge in [0.15, 0.2) is 0 Å². The Bertz CT molecular complexity index is 380. The highest BCUT2D eigenvalue weighted by atomic mass is 16.2. The van der Waals surface area contributed by atoms with Crippen LogP contribution in [0.2, 0.25) is 0 Å². The summed E-state index contributed by atoms with van der Waals surface area (Å²) in [6.45, 7) is 6.82. The highest BCUT2D eigenvalue weighted by Gasteiger charge is 2.30. The van der Waals surface area contributed by atoms with Crippen molar-refractivity contribution in [2.24, 2.45) is 5.92 Å². The van der Waals surface area contributed by atoms with Gasteiger partial charge in [-0.05, 0) is 25.7 Å². The van der Waals surface area contributed by atoms with Crippen LogP contribution in [0.1, 0.15) is 33.6 Å². The second-order valence-electron chi connectivity index (χ2n) is 5.80. The Labute approximate surface area is 126 Å². The van der Waals surface area contributed by atoms with Crippen molar-refractivity contribution in [3.05, 3.63) is 0 Å². The van der Waals surface area contributed by atoms with E-state index in [-0.39, 0.29) is 17.7 Å². The van der Waals surface area contributed by atoms with Gasteiger partial charge in [-0.1, -0.05) is 13.8 Å². The van der Waals surface area contributed by atoms with E-state index in [4.69, 9.17) is 0 Å². The van der Waals surface area contributed by atoms with E-state index in [1.807, 2.05) is 13.8 Å². The molecule has 2 atom stereocenters. The normalized spacial score (nSPS) is 18.0. The zero-order valence-corrected chi connectivity index (χ0v) is 13.3. The molecule has 0 spiro atoms. The molecule has 1 aliphatic heterocycles. The maximum absolute atomic E-state index is 12.3. The molecule has 21 heavy (non-hydrogen) atoms. The average molecular weight is 298 g/mol. The van der Waals surface area contributed by atoms with Crippen molar-refractivity contribution in [1.29, 1.82) is 0 Å². The minimum absolute atomic E-state index is 0.0318. The fourth-order valence-electron chi connectivity index (χ4n) is 2.49. The predicted molar refractivity (Wildman–Crippen MR) is 79.0 cm³/mol. The molecule has 0 saturated carbocycles. The van der Waals surface area contributed by atoms with Gasteiger partial charge in [0.2, 0.25) is 12.3 Å². The molecule has 2 N–H and O–H groups in total. The lowest BCUT2D eigenvalue weighted by molar-refractivity contribution is -0.141. The van der Waals surface area contributed by atoms with Crippen LogP contribution < -0.4 is 10.7 Å². The third-order valence-corrected chi connectivity index (χ3v) is 3.61. The molecule has 0 bridgehead atoms. The minimum Gasteiger partial charge on any atom is -0.343 e. The van der Waals surface area contributed by atoms with Crippen molar-refractivity contribution in [3.63, 3.8) is 0 Å². The van der Waals surface area contributed by atoms with Crippen molar-refractivity contribution in [1.82, 2.24) is 20.7 Å². The van der Waals surface area contributed by atoms with Crippen molar-refractivity contribution >= 4 is 18.2 Å². The summed E-state index contributed by atoms with van der Waals surface area (Å²) in [6.07, 6.45) is 2.63. The lowest BCUT2D eigenvalue weighted by atomic mass is 10.0. The number of hydrogen-bond donors (Lipinski definition) is 2. The highest BCUT2D eigenvalue weighted by Crippen LogP contribution is 2.09. The van der Waals surface area contributed by atoms with Gasteiger partial charge in [-0.15, -0.1) is 0 Å². The zero-order chi connectivity index (χ0) is 16.0. The quantitative estimate of drug-likeness (QED) is 0.662. The monoisotopic (exact) mass is 298 g/mol. The number of nitrogens with zero attached hydrogens (tertiary/aromatic N) is 2. The lowest BCUT2D eigenvalue weighted by Gasteiger charge is -2.32. The maximum Gasteiger partial charge on any atom is 0.258 e. The SMILES string of the molecule is CC(NC(=O)C(C(C)C)N(C)C=O)C(=O)N1CCCCN1. The summed E-state index contributed by atoms with van der Waals surface area (Å²) in [5.41, 5.74) is 3.02. The number of rotatable bonds is 6. The topological polar surface area (TPSA) is 81.8 Å². The van der Waals surface area contributed by atoms with Gasteiger partial charge in [0.25, 0.3) is 5.91 Å². The zero-order valence-electron chi connectivity index (χ0n) is 13.3. The summed E-state index contributed by atoms with van der Waals surface area (Å²) >= 11 is 0. The van der Waals surface area contributed by atoms with Crippen LogP contribution in [0.15, 0.2) is 0 Å². The second kappa shape index (κ2) is 7.97. The van der Waals surface area contributed by atoms with Gasteiger partial charge in [-0.25, -0.2) is 5.43 Å². The van der Waals surface area contributed by atoms with E-state index in [1.54, 1.807) is 19.0 Å². The third-order valence-electron chi connectivity index (χ3n) is 3.61. The fourth-order valence-corrected chi connectivity index (χ4v) is 2.49. The summed E-state index contributed by atoms with van der Waals surface area (Å²) in [5, 5.41) is 4.26. The molecule has 120 valence electrons. The van der Waals surface area contributed by atoms with E-state index in [9.17, 15) is 14.4 Å². The highest BCUT2D eigenvalue weighted by molar-refractivity contribution is 5.90. The molecular formula is C14H26N4O3. The molecule has 1 rings (SSSR count). The van der Waals surface area contributed by atoms with Gasteiger partial charge in [0.1, 0.15) is 12.1 Å².